The Morgan fingerprint density at radius 1 is 0.567 bits per heavy atom. The third-order valence-corrected chi connectivity index (χ3v) is 5.98. The van der Waals surface area contributed by atoms with E-state index in [1.165, 1.54) is 33.2 Å². The summed E-state index contributed by atoms with van der Waals surface area (Å²) in [4.78, 5) is 4.56. The summed E-state index contributed by atoms with van der Waals surface area (Å²) in [5, 5.41) is 6.06. The zero-order valence-electron chi connectivity index (χ0n) is 16.5. The molecule has 2 nitrogen and oxygen atoms in total. The van der Waals surface area contributed by atoms with Gasteiger partial charge in [0.1, 0.15) is 0 Å². The molecule has 1 aliphatic carbocycles. The summed E-state index contributed by atoms with van der Waals surface area (Å²) in [6.45, 7) is 0. The van der Waals surface area contributed by atoms with Crippen LogP contribution in [0.5, 0.6) is 0 Å². The molecular formula is C28H20N2. The highest BCUT2D eigenvalue weighted by molar-refractivity contribution is 6.04. The van der Waals surface area contributed by atoms with E-state index in [0.717, 1.165) is 28.7 Å². The zero-order valence-corrected chi connectivity index (χ0v) is 16.5. The molecule has 2 heteroatoms. The number of nitrogens with zero attached hydrogens (tertiary/aromatic N) is 1. The Hall–Kier alpha value is -3.91. The van der Waals surface area contributed by atoms with Gasteiger partial charge in [0, 0.05) is 40.3 Å². The Kier molecular flexibility index (Phi) is 3.88. The van der Waals surface area contributed by atoms with Gasteiger partial charge in [-0.25, -0.2) is 0 Å². The maximum absolute atomic E-state index is 4.56. The van der Waals surface area contributed by atoms with Gasteiger partial charge in [0.05, 0.1) is 0 Å². The average molecular weight is 384 g/mol. The summed E-state index contributed by atoms with van der Waals surface area (Å²) in [6, 6.07) is 32.1. The van der Waals surface area contributed by atoms with Crippen LogP contribution in [-0.4, -0.2) is 4.98 Å². The van der Waals surface area contributed by atoms with Crippen molar-refractivity contribution in [3.8, 4) is 22.3 Å². The molecular weight excluding hydrogens is 364 g/mol. The molecule has 1 aromatic heterocycles. The van der Waals surface area contributed by atoms with Gasteiger partial charge in [0.15, 0.2) is 0 Å². The largest absolute Gasteiger partial charge is 0.354 e. The van der Waals surface area contributed by atoms with Gasteiger partial charge in [-0.1, -0.05) is 78.9 Å². The first-order valence-electron chi connectivity index (χ1n) is 10.3. The van der Waals surface area contributed by atoms with E-state index in [2.05, 4.69) is 95.2 Å². The third-order valence-electron chi connectivity index (χ3n) is 5.98. The van der Waals surface area contributed by atoms with E-state index in [0.29, 0.717) is 0 Å². The number of benzene rings is 4. The lowest BCUT2D eigenvalue weighted by Gasteiger charge is -2.15. The van der Waals surface area contributed by atoms with E-state index in [-0.39, 0.29) is 0 Å². The van der Waals surface area contributed by atoms with Crippen molar-refractivity contribution in [1.29, 1.82) is 0 Å². The predicted octanol–water partition coefficient (Wildman–Crippen LogP) is 7.22. The number of hydrogen-bond acceptors (Lipinski definition) is 2. The molecule has 6 rings (SSSR count). The molecule has 0 bridgehead atoms. The summed E-state index contributed by atoms with van der Waals surface area (Å²) >= 11 is 0. The van der Waals surface area contributed by atoms with Gasteiger partial charge in [0.2, 0.25) is 0 Å². The van der Waals surface area contributed by atoms with E-state index < -0.39 is 0 Å². The van der Waals surface area contributed by atoms with Gasteiger partial charge in [-0.2, -0.15) is 0 Å². The lowest BCUT2D eigenvalue weighted by Crippen LogP contribution is -1.96. The SMILES string of the molecule is c1ccc(-c2cncc3c(Nc4cccc5c4-c4ccccc4C5)cccc23)cc1. The fourth-order valence-electron chi connectivity index (χ4n) is 4.59. The van der Waals surface area contributed by atoms with E-state index in [4.69, 9.17) is 0 Å². The summed E-state index contributed by atoms with van der Waals surface area (Å²) in [5.41, 5.74) is 9.99. The van der Waals surface area contributed by atoms with Gasteiger partial charge in [-0.15, -0.1) is 0 Å². The monoisotopic (exact) mass is 384 g/mol. The molecule has 0 saturated heterocycles. The summed E-state index contributed by atoms with van der Waals surface area (Å²) < 4.78 is 0. The maximum atomic E-state index is 4.56. The number of pyridine rings is 1. The fraction of sp³-hybridized carbons (Fsp3) is 0.0357. The third kappa shape index (κ3) is 2.69. The zero-order chi connectivity index (χ0) is 19.9. The minimum atomic E-state index is 0.996. The highest BCUT2D eigenvalue weighted by atomic mass is 14.9. The van der Waals surface area contributed by atoms with Gasteiger partial charge >= 0.3 is 0 Å². The van der Waals surface area contributed by atoms with Crippen molar-refractivity contribution in [1.82, 2.24) is 4.98 Å². The standard InChI is InChI=1S/C28H20N2/c1-2-8-19(9-3-1)24-17-29-18-25-23(24)13-7-14-26(25)30-27-15-6-11-21-16-20-10-4-5-12-22(20)28(21)27/h1-15,17-18,30H,16H2. The van der Waals surface area contributed by atoms with Crippen LogP contribution in [0.3, 0.4) is 0 Å². The van der Waals surface area contributed by atoms with Crippen molar-refractivity contribution < 1.29 is 0 Å². The van der Waals surface area contributed by atoms with Gasteiger partial charge in [-0.3, -0.25) is 4.98 Å². The molecule has 1 aliphatic rings. The lowest BCUT2D eigenvalue weighted by atomic mass is 9.99. The van der Waals surface area contributed by atoms with E-state index in [1.807, 2.05) is 18.5 Å². The van der Waals surface area contributed by atoms with Crippen LogP contribution in [0.25, 0.3) is 33.0 Å². The second-order valence-corrected chi connectivity index (χ2v) is 7.75. The van der Waals surface area contributed by atoms with Crippen molar-refractivity contribution in [2.24, 2.45) is 0 Å². The molecule has 0 unspecified atom stereocenters. The van der Waals surface area contributed by atoms with Crippen molar-refractivity contribution in [3.63, 3.8) is 0 Å². The maximum Gasteiger partial charge on any atom is 0.0479 e. The van der Waals surface area contributed by atoms with Gasteiger partial charge in [-0.05, 0) is 46.2 Å². The molecule has 142 valence electrons. The van der Waals surface area contributed by atoms with Crippen LogP contribution in [0.2, 0.25) is 0 Å². The van der Waals surface area contributed by atoms with Crippen LogP contribution in [0.1, 0.15) is 11.1 Å². The molecule has 0 saturated carbocycles. The molecule has 0 fully saturated rings. The number of anilines is 2. The predicted molar refractivity (Wildman–Crippen MR) is 125 cm³/mol. The minimum Gasteiger partial charge on any atom is -0.354 e. The number of aromatic nitrogens is 1. The topological polar surface area (TPSA) is 24.9 Å². The summed E-state index contributed by atoms with van der Waals surface area (Å²) in [6.07, 6.45) is 4.91. The number of hydrogen-bond donors (Lipinski definition) is 1. The van der Waals surface area contributed by atoms with Crippen molar-refractivity contribution in [3.05, 3.63) is 115 Å². The molecule has 0 amide bonds. The van der Waals surface area contributed by atoms with Crippen LogP contribution in [-0.2, 0) is 6.42 Å². The molecule has 0 aliphatic heterocycles. The Labute approximate surface area is 175 Å². The highest BCUT2D eigenvalue weighted by Crippen LogP contribution is 2.43. The van der Waals surface area contributed by atoms with E-state index in [9.17, 15) is 0 Å². The van der Waals surface area contributed by atoms with Crippen LogP contribution < -0.4 is 5.32 Å². The minimum absolute atomic E-state index is 0.996. The normalized spacial score (nSPS) is 11.9. The molecule has 30 heavy (non-hydrogen) atoms. The van der Waals surface area contributed by atoms with Crippen LogP contribution in [0.4, 0.5) is 11.4 Å². The average Bonchev–Trinajstić information content (AvgIpc) is 3.19. The number of fused-ring (bicyclic) bond motifs is 4. The quantitative estimate of drug-likeness (QED) is 0.348. The van der Waals surface area contributed by atoms with Crippen LogP contribution in [0.15, 0.2) is 103 Å². The summed E-state index contributed by atoms with van der Waals surface area (Å²) in [5.74, 6) is 0. The first-order chi connectivity index (χ1) is 14.9. The van der Waals surface area contributed by atoms with Gasteiger partial charge < -0.3 is 5.32 Å². The van der Waals surface area contributed by atoms with E-state index >= 15 is 0 Å². The Morgan fingerprint density at radius 2 is 1.33 bits per heavy atom. The number of rotatable bonds is 3. The fourth-order valence-corrected chi connectivity index (χ4v) is 4.59. The Balaban J connectivity index is 1.49. The van der Waals surface area contributed by atoms with Crippen molar-refractivity contribution >= 4 is 22.1 Å². The molecule has 1 N–H and O–H groups in total. The lowest BCUT2D eigenvalue weighted by molar-refractivity contribution is 1.26. The first-order valence-corrected chi connectivity index (χ1v) is 10.3. The second-order valence-electron chi connectivity index (χ2n) is 7.75. The molecule has 0 radical (unpaired) electrons. The summed E-state index contributed by atoms with van der Waals surface area (Å²) in [7, 11) is 0. The first kappa shape index (κ1) is 17.0. The van der Waals surface area contributed by atoms with Crippen LogP contribution >= 0.6 is 0 Å². The van der Waals surface area contributed by atoms with Crippen molar-refractivity contribution in [2.75, 3.05) is 5.32 Å². The van der Waals surface area contributed by atoms with Crippen molar-refractivity contribution in [2.45, 2.75) is 6.42 Å². The molecule has 0 spiro atoms. The Morgan fingerprint density at radius 3 is 2.27 bits per heavy atom. The molecule has 1 heterocycles. The molecule has 4 aromatic carbocycles. The Bertz CT molecular complexity index is 1390. The molecule has 0 atom stereocenters. The highest BCUT2D eigenvalue weighted by Gasteiger charge is 2.21. The van der Waals surface area contributed by atoms with Gasteiger partial charge in [0.25, 0.3) is 0 Å². The van der Waals surface area contributed by atoms with Crippen LogP contribution in [0, 0.1) is 0 Å². The smallest absolute Gasteiger partial charge is 0.0479 e. The number of nitrogens with one attached hydrogen (secondary N) is 1. The second kappa shape index (κ2) is 6.85. The molecule has 5 aromatic rings. The van der Waals surface area contributed by atoms with E-state index in [1.54, 1.807) is 0 Å².